The van der Waals surface area contributed by atoms with Crippen LogP contribution in [0.5, 0.6) is 0 Å². The number of hydrogen-bond acceptors (Lipinski definition) is 1. The van der Waals surface area contributed by atoms with E-state index in [1.165, 1.54) is 19.3 Å². The van der Waals surface area contributed by atoms with Crippen LogP contribution in [0.1, 0.15) is 52.4 Å². The van der Waals surface area contributed by atoms with Crippen LogP contribution in [0.4, 0.5) is 0 Å². The first kappa shape index (κ1) is 11.6. The molecule has 0 radical (unpaired) electrons. The Balaban J connectivity index is 2.10. The van der Waals surface area contributed by atoms with E-state index in [4.69, 9.17) is 0 Å². The van der Waals surface area contributed by atoms with E-state index in [-0.39, 0.29) is 5.41 Å². The van der Waals surface area contributed by atoms with Gasteiger partial charge in [-0.3, -0.25) is 4.79 Å². The van der Waals surface area contributed by atoms with Crippen molar-refractivity contribution in [2.75, 3.05) is 0 Å². The predicted molar refractivity (Wildman–Crippen MR) is 67.2 cm³/mol. The highest BCUT2D eigenvalue weighted by Gasteiger charge is 2.35. The highest BCUT2D eigenvalue weighted by Crippen LogP contribution is 2.39. The fraction of sp³-hybridized carbons (Fsp3) is 0.667. The van der Waals surface area contributed by atoms with Crippen LogP contribution in [-0.4, -0.2) is 5.78 Å². The Morgan fingerprint density at radius 2 is 2.00 bits per heavy atom. The topological polar surface area (TPSA) is 17.1 Å². The third-order valence-electron chi connectivity index (χ3n) is 4.08. The molecule has 2 rings (SSSR count). The average molecular weight is 218 g/mol. The maximum Gasteiger partial charge on any atom is 0.168 e. The van der Waals surface area contributed by atoms with Gasteiger partial charge in [-0.15, -0.1) is 0 Å². The van der Waals surface area contributed by atoms with Crippen molar-refractivity contribution in [3.05, 3.63) is 23.8 Å². The standard InChI is InChI=1S/C15H22O/c1-12-6-8-13(9-7-12)14(16)15(2)10-4-3-5-11-15/h6,8-9,12H,3-5,7,10-11H2,1-2H3. The molecular weight excluding hydrogens is 196 g/mol. The van der Waals surface area contributed by atoms with Crippen LogP contribution in [0.3, 0.4) is 0 Å². The number of rotatable bonds is 2. The normalized spacial score (nSPS) is 28.6. The van der Waals surface area contributed by atoms with E-state index in [0.29, 0.717) is 11.7 Å². The molecule has 16 heavy (non-hydrogen) atoms. The quantitative estimate of drug-likeness (QED) is 0.683. The van der Waals surface area contributed by atoms with Gasteiger partial charge in [0.25, 0.3) is 0 Å². The van der Waals surface area contributed by atoms with Gasteiger partial charge in [0.15, 0.2) is 5.78 Å². The van der Waals surface area contributed by atoms with E-state index in [2.05, 4.69) is 26.0 Å². The zero-order valence-electron chi connectivity index (χ0n) is 10.5. The molecule has 0 amide bonds. The van der Waals surface area contributed by atoms with Crippen molar-refractivity contribution in [3.63, 3.8) is 0 Å². The zero-order chi connectivity index (χ0) is 11.6. The van der Waals surface area contributed by atoms with Gasteiger partial charge in [0.05, 0.1) is 0 Å². The molecule has 1 heteroatoms. The summed E-state index contributed by atoms with van der Waals surface area (Å²) in [6, 6.07) is 0. The first-order chi connectivity index (χ1) is 7.62. The molecule has 0 aliphatic heterocycles. The smallest absolute Gasteiger partial charge is 0.168 e. The highest BCUT2D eigenvalue weighted by molar-refractivity contribution is 6.02. The van der Waals surface area contributed by atoms with Gasteiger partial charge in [0.2, 0.25) is 0 Å². The first-order valence-electron chi connectivity index (χ1n) is 6.55. The van der Waals surface area contributed by atoms with Gasteiger partial charge >= 0.3 is 0 Å². The van der Waals surface area contributed by atoms with Gasteiger partial charge in [-0.05, 0) is 25.2 Å². The van der Waals surface area contributed by atoms with E-state index >= 15 is 0 Å². The molecule has 1 saturated carbocycles. The van der Waals surface area contributed by atoms with Crippen molar-refractivity contribution in [2.24, 2.45) is 11.3 Å². The number of ketones is 1. The summed E-state index contributed by atoms with van der Waals surface area (Å²) < 4.78 is 0. The molecule has 1 unspecified atom stereocenters. The van der Waals surface area contributed by atoms with Crippen molar-refractivity contribution in [3.8, 4) is 0 Å². The Hall–Kier alpha value is -0.850. The zero-order valence-corrected chi connectivity index (χ0v) is 10.5. The molecule has 0 aromatic carbocycles. The van der Waals surface area contributed by atoms with Crippen molar-refractivity contribution >= 4 is 5.78 Å². The molecule has 88 valence electrons. The van der Waals surface area contributed by atoms with Crippen LogP contribution in [0.15, 0.2) is 23.8 Å². The molecule has 0 N–H and O–H groups in total. The lowest BCUT2D eigenvalue weighted by Gasteiger charge is -2.32. The molecule has 0 aromatic rings. The van der Waals surface area contributed by atoms with Crippen LogP contribution in [-0.2, 0) is 4.79 Å². The molecule has 0 heterocycles. The third-order valence-corrected chi connectivity index (χ3v) is 4.08. The molecule has 1 fully saturated rings. The van der Waals surface area contributed by atoms with E-state index in [0.717, 1.165) is 24.8 Å². The van der Waals surface area contributed by atoms with E-state index in [1.807, 2.05) is 6.08 Å². The van der Waals surface area contributed by atoms with E-state index in [9.17, 15) is 4.79 Å². The Morgan fingerprint density at radius 3 is 2.56 bits per heavy atom. The number of allylic oxidation sites excluding steroid dienone is 4. The second-order valence-electron chi connectivity index (χ2n) is 5.68. The van der Waals surface area contributed by atoms with Crippen LogP contribution in [0.25, 0.3) is 0 Å². The van der Waals surface area contributed by atoms with Gasteiger partial charge < -0.3 is 0 Å². The maximum atomic E-state index is 12.5. The largest absolute Gasteiger partial charge is 0.294 e. The van der Waals surface area contributed by atoms with Gasteiger partial charge in [0, 0.05) is 11.0 Å². The molecule has 0 bridgehead atoms. The van der Waals surface area contributed by atoms with Crippen LogP contribution >= 0.6 is 0 Å². The summed E-state index contributed by atoms with van der Waals surface area (Å²) in [5.41, 5.74) is 0.886. The molecule has 2 aliphatic carbocycles. The monoisotopic (exact) mass is 218 g/mol. The molecular formula is C15H22O. The molecule has 0 spiro atoms. The average Bonchev–Trinajstić information content (AvgIpc) is 2.30. The summed E-state index contributed by atoms with van der Waals surface area (Å²) in [5.74, 6) is 0.978. The Labute approximate surface area is 98.6 Å². The predicted octanol–water partition coefficient (Wildman–Crippen LogP) is 4.05. The second kappa shape index (κ2) is 4.57. The lowest BCUT2D eigenvalue weighted by atomic mass is 9.70. The summed E-state index contributed by atoms with van der Waals surface area (Å²) in [6.45, 7) is 4.35. The molecule has 2 aliphatic rings. The fourth-order valence-corrected chi connectivity index (χ4v) is 2.80. The summed E-state index contributed by atoms with van der Waals surface area (Å²) in [6.07, 6.45) is 13.2. The summed E-state index contributed by atoms with van der Waals surface area (Å²) in [5, 5.41) is 0. The van der Waals surface area contributed by atoms with E-state index in [1.54, 1.807) is 0 Å². The maximum absolute atomic E-state index is 12.5. The van der Waals surface area contributed by atoms with Crippen molar-refractivity contribution in [2.45, 2.75) is 52.4 Å². The van der Waals surface area contributed by atoms with Crippen LogP contribution < -0.4 is 0 Å². The number of carbonyl (C=O) groups excluding carboxylic acids is 1. The minimum Gasteiger partial charge on any atom is -0.294 e. The van der Waals surface area contributed by atoms with E-state index < -0.39 is 0 Å². The Bertz CT molecular complexity index is 329. The van der Waals surface area contributed by atoms with Gasteiger partial charge in [-0.25, -0.2) is 0 Å². The summed E-state index contributed by atoms with van der Waals surface area (Å²) in [4.78, 5) is 12.5. The molecule has 0 aromatic heterocycles. The SMILES string of the molecule is CC1C=CC(C(=O)C2(C)CCCCC2)=CC1. The summed E-state index contributed by atoms with van der Waals surface area (Å²) in [7, 11) is 0. The van der Waals surface area contributed by atoms with Crippen LogP contribution in [0, 0.1) is 11.3 Å². The molecule has 1 atom stereocenters. The Kier molecular flexibility index (Phi) is 3.32. The number of Topliss-reactive ketones (excluding diaryl/α,β-unsaturated/α-hetero) is 1. The Morgan fingerprint density at radius 1 is 1.31 bits per heavy atom. The molecule has 0 saturated heterocycles. The van der Waals surface area contributed by atoms with Gasteiger partial charge in [0.1, 0.15) is 0 Å². The highest BCUT2D eigenvalue weighted by atomic mass is 16.1. The van der Waals surface area contributed by atoms with Crippen molar-refractivity contribution in [1.82, 2.24) is 0 Å². The second-order valence-corrected chi connectivity index (χ2v) is 5.68. The number of carbonyl (C=O) groups is 1. The summed E-state index contributed by atoms with van der Waals surface area (Å²) >= 11 is 0. The minimum absolute atomic E-state index is 0.0744. The third kappa shape index (κ3) is 2.28. The van der Waals surface area contributed by atoms with Gasteiger partial charge in [-0.1, -0.05) is 51.3 Å². The van der Waals surface area contributed by atoms with Crippen LogP contribution in [0.2, 0.25) is 0 Å². The number of hydrogen-bond donors (Lipinski definition) is 0. The minimum atomic E-state index is -0.0744. The first-order valence-corrected chi connectivity index (χ1v) is 6.55. The molecule has 1 nitrogen and oxygen atoms in total. The lowest BCUT2D eigenvalue weighted by Crippen LogP contribution is -2.31. The van der Waals surface area contributed by atoms with Crippen molar-refractivity contribution < 1.29 is 4.79 Å². The van der Waals surface area contributed by atoms with Crippen molar-refractivity contribution in [1.29, 1.82) is 0 Å². The lowest BCUT2D eigenvalue weighted by molar-refractivity contribution is -0.125. The van der Waals surface area contributed by atoms with Gasteiger partial charge in [-0.2, -0.15) is 0 Å². The fourth-order valence-electron chi connectivity index (χ4n) is 2.80.